The van der Waals surface area contributed by atoms with Gasteiger partial charge in [-0.05, 0) is 32.8 Å². The van der Waals surface area contributed by atoms with Gasteiger partial charge in [-0.3, -0.25) is 4.79 Å². The van der Waals surface area contributed by atoms with Gasteiger partial charge in [-0.2, -0.15) is 0 Å². The molecule has 0 spiro atoms. The number of nitrogens with zero attached hydrogens (tertiary/aromatic N) is 1. The fourth-order valence-corrected chi connectivity index (χ4v) is 2.74. The second kappa shape index (κ2) is 6.64. The van der Waals surface area contributed by atoms with Crippen molar-refractivity contribution in [1.29, 1.82) is 0 Å². The Labute approximate surface area is 108 Å². The van der Waals surface area contributed by atoms with Crippen LogP contribution in [0.15, 0.2) is 6.07 Å². The first-order valence-corrected chi connectivity index (χ1v) is 7.13. The van der Waals surface area contributed by atoms with E-state index in [-0.39, 0.29) is 5.91 Å². The van der Waals surface area contributed by atoms with Crippen molar-refractivity contribution in [2.75, 3.05) is 18.8 Å². The van der Waals surface area contributed by atoms with Crippen LogP contribution < -0.4 is 5.73 Å². The van der Waals surface area contributed by atoms with Crippen molar-refractivity contribution in [2.45, 2.75) is 40.0 Å². The molecule has 2 N–H and O–H groups in total. The van der Waals surface area contributed by atoms with Crippen LogP contribution in [0.5, 0.6) is 0 Å². The number of unbranched alkanes of at least 4 members (excludes halogenated alkanes) is 1. The SMILES string of the molecule is CCCCc1cc(C(=O)N(CC)CC)c(N)s1. The Hall–Kier alpha value is -1.03. The Morgan fingerprint density at radius 1 is 1.35 bits per heavy atom. The number of thiophene rings is 1. The zero-order valence-electron chi connectivity index (χ0n) is 11.0. The number of hydrogen-bond donors (Lipinski definition) is 1. The Kier molecular flexibility index (Phi) is 5.48. The van der Waals surface area contributed by atoms with E-state index in [1.54, 1.807) is 11.3 Å². The van der Waals surface area contributed by atoms with E-state index in [0.29, 0.717) is 10.6 Å². The molecule has 1 rings (SSSR count). The lowest BCUT2D eigenvalue weighted by Crippen LogP contribution is -2.30. The van der Waals surface area contributed by atoms with Gasteiger partial charge >= 0.3 is 0 Å². The summed E-state index contributed by atoms with van der Waals surface area (Å²) in [5.74, 6) is 0.0616. The van der Waals surface area contributed by atoms with Gasteiger partial charge in [0.2, 0.25) is 0 Å². The maximum atomic E-state index is 12.2. The first kappa shape index (κ1) is 14.0. The number of carbonyl (C=O) groups is 1. The molecule has 96 valence electrons. The van der Waals surface area contributed by atoms with Crippen molar-refractivity contribution >= 4 is 22.2 Å². The van der Waals surface area contributed by atoms with Crippen LogP contribution in [-0.2, 0) is 6.42 Å². The monoisotopic (exact) mass is 254 g/mol. The summed E-state index contributed by atoms with van der Waals surface area (Å²) in [6, 6.07) is 1.97. The number of carbonyl (C=O) groups excluding carboxylic acids is 1. The van der Waals surface area contributed by atoms with Gasteiger partial charge in [-0.15, -0.1) is 11.3 Å². The molecule has 0 aliphatic heterocycles. The molecule has 0 atom stereocenters. The standard InChI is InChI=1S/C13H22N2OS/c1-4-7-8-10-9-11(12(14)17-10)13(16)15(5-2)6-3/h9H,4-8,14H2,1-3H3. The van der Waals surface area contributed by atoms with Gasteiger partial charge in [0.1, 0.15) is 0 Å². The lowest BCUT2D eigenvalue weighted by molar-refractivity contribution is 0.0774. The van der Waals surface area contributed by atoms with Crippen LogP contribution in [0.4, 0.5) is 5.00 Å². The van der Waals surface area contributed by atoms with Crippen LogP contribution in [-0.4, -0.2) is 23.9 Å². The van der Waals surface area contributed by atoms with Gasteiger partial charge in [0.15, 0.2) is 0 Å². The Bertz CT molecular complexity index is 369. The van der Waals surface area contributed by atoms with Crippen LogP contribution in [0.3, 0.4) is 0 Å². The van der Waals surface area contributed by atoms with Crippen molar-refractivity contribution in [3.8, 4) is 0 Å². The molecule has 0 radical (unpaired) electrons. The summed E-state index contributed by atoms with van der Waals surface area (Å²) in [4.78, 5) is 15.2. The van der Waals surface area contributed by atoms with Gasteiger partial charge in [-0.25, -0.2) is 0 Å². The van der Waals surface area contributed by atoms with E-state index in [1.165, 1.54) is 4.88 Å². The molecule has 1 aromatic heterocycles. The third-order valence-electron chi connectivity index (χ3n) is 2.87. The number of rotatable bonds is 6. The fourth-order valence-electron chi connectivity index (χ4n) is 1.78. The molecule has 1 heterocycles. The maximum Gasteiger partial charge on any atom is 0.256 e. The molecule has 0 unspecified atom stereocenters. The number of anilines is 1. The molecular formula is C13H22N2OS. The number of amides is 1. The van der Waals surface area contributed by atoms with E-state index < -0.39 is 0 Å². The highest BCUT2D eigenvalue weighted by molar-refractivity contribution is 7.16. The van der Waals surface area contributed by atoms with E-state index in [9.17, 15) is 4.79 Å². The van der Waals surface area contributed by atoms with E-state index in [0.717, 1.165) is 32.4 Å². The molecular weight excluding hydrogens is 232 g/mol. The molecule has 1 aromatic rings. The number of nitrogen functional groups attached to an aromatic ring is 1. The Balaban J connectivity index is 2.83. The topological polar surface area (TPSA) is 46.3 Å². The van der Waals surface area contributed by atoms with Crippen molar-refractivity contribution in [2.24, 2.45) is 0 Å². The zero-order valence-corrected chi connectivity index (χ0v) is 11.8. The number of aryl methyl sites for hydroxylation is 1. The smallest absolute Gasteiger partial charge is 0.256 e. The molecule has 0 fully saturated rings. The molecule has 0 saturated heterocycles. The first-order valence-electron chi connectivity index (χ1n) is 6.31. The van der Waals surface area contributed by atoms with Crippen LogP contribution >= 0.6 is 11.3 Å². The van der Waals surface area contributed by atoms with Crippen LogP contribution in [0.2, 0.25) is 0 Å². The van der Waals surface area contributed by atoms with Crippen LogP contribution in [0.1, 0.15) is 48.8 Å². The van der Waals surface area contributed by atoms with Crippen molar-refractivity contribution < 1.29 is 4.79 Å². The normalized spacial score (nSPS) is 10.5. The van der Waals surface area contributed by atoms with Gasteiger partial charge in [0.25, 0.3) is 5.91 Å². The molecule has 17 heavy (non-hydrogen) atoms. The lowest BCUT2D eigenvalue weighted by atomic mass is 10.2. The highest BCUT2D eigenvalue weighted by Gasteiger charge is 2.18. The molecule has 0 aliphatic carbocycles. The summed E-state index contributed by atoms with van der Waals surface area (Å²) in [5, 5.41) is 0.660. The average molecular weight is 254 g/mol. The van der Waals surface area contributed by atoms with E-state index in [2.05, 4.69) is 6.92 Å². The summed E-state index contributed by atoms with van der Waals surface area (Å²) in [7, 11) is 0. The van der Waals surface area contributed by atoms with E-state index in [1.807, 2.05) is 24.8 Å². The Morgan fingerprint density at radius 2 is 2.00 bits per heavy atom. The summed E-state index contributed by atoms with van der Waals surface area (Å²) in [6.07, 6.45) is 3.34. The van der Waals surface area contributed by atoms with Gasteiger partial charge < -0.3 is 10.6 Å². The second-order valence-electron chi connectivity index (χ2n) is 4.07. The number of hydrogen-bond acceptors (Lipinski definition) is 3. The highest BCUT2D eigenvalue weighted by atomic mass is 32.1. The minimum Gasteiger partial charge on any atom is -0.390 e. The van der Waals surface area contributed by atoms with Crippen molar-refractivity contribution in [3.05, 3.63) is 16.5 Å². The lowest BCUT2D eigenvalue weighted by Gasteiger charge is -2.17. The summed E-state index contributed by atoms with van der Waals surface area (Å²) in [6.45, 7) is 7.60. The van der Waals surface area contributed by atoms with Crippen molar-refractivity contribution in [3.63, 3.8) is 0 Å². The maximum absolute atomic E-state index is 12.2. The molecule has 0 saturated carbocycles. The van der Waals surface area contributed by atoms with E-state index >= 15 is 0 Å². The number of nitrogens with two attached hydrogens (primary N) is 1. The third kappa shape index (κ3) is 3.46. The largest absolute Gasteiger partial charge is 0.390 e. The third-order valence-corrected chi connectivity index (χ3v) is 3.89. The zero-order chi connectivity index (χ0) is 12.8. The van der Waals surface area contributed by atoms with Crippen LogP contribution in [0.25, 0.3) is 0 Å². The van der Waals surface area contributed by atoms with Gasteiger partial charge in [0, 0.05) is 18.0 Å². The molecule has 3 nitrogen and oxygen atoms in total. The summed E-state index contributed by atoms with van der Waals surface area (Å²) >= 11 is 1.55. The molecule has 0 aromatic carbocycles. The van der Waals surface area contributed by atoms with Gasteiger partial charge in [0.05, 0.1) is 10.6 Å². The molecule has 4 heteroatoms. The van der Waals surface area contributed by atoms with Crippen LogP contribution in [0, 0.1) is 0 Å². The Morgan fingerprint density at radius 3 is 2.53 bits per heavy atom. The summed E-state index contributed by atoms with van der Waals surface area (Å²) in [5.41, 5.74) is 6.62. The molecule has 1 amide bonds. The second-order valence-corrected chi connectivity index (χ2v) is 5.24. The fraction of sp³-hybridized carbons (Fsp3) is 0.615. The van der Waals surface area contributed by atoms with E-state index in [4.69, 9.17) is 5.73 Å². The highest BCUT2D eigenvalue weighted by Crippen LogP contribution is 2.27. The molecule has 0 bridgehead atoms. The predicted molar refractivity (Wildman–Crippen MR) is 74.6 cm³/mol. The van der Waals surface area contributed by atoms with Crippen molar-refractivity contribution in [1.82, 2.24) is 4.90 Å². The molecule has 0 aliphatic rings. The minimum absolute atomic E-state index is 0.0616. The minimum atomic E-state index is 0.0616. The average Bonchev–Trinajstić information content (AvgIpc) is 2.69. The first-order chi connectivity index (χ1) is 8.13. The quantitative estimate of drug-likeness (QED) is 0.847. The summed E-state index contributed by atoms with van der Waals surface area (Å²) < 4.78 is 0. The van der Waals surface area contributed by atoms with Gasteiger partial charge in [-0.1, -0.05) is 13.3 Å². The predicted octanol–water partition coefficient (Wildman–Crippen LogP) is 3.15.